The largest absolute Gasteiger partial charge is 0.480 e. The van der Waals surface area contributed by atoms with E-state index >= 15 is 4.39 Å². The van der Waals surface area contributed by atoms with E-state index < -0.39 is 89.6 Å². The average Bonchev–Trinajstić information content (AvgIpc) is 3.62. The number of carboxylic acid groups (broad SMARTS) is 1. The van der Waals surface area contributed by atoms with Gasteiger partial charge in [-0.05, 0) is 48.1 Å². The number of nitrogens with two attached hydrogens (primary N) is 1. The number of hydrogen-bond acceptors (Lipinski definition) is 8. The molecule has 290 valence electrons. The lowest BCUT2D eigenvalue weighted by molar-refractivity contribution is -0.144. The molecule has 0 aliphatic carbocycles. The number of carbonyl (C=O) groups is 6. The molecule has 1 aromatic heterocycles. The van der Waals surface area contributed by atoms with Crippen molar-refractivity contribution in [2.24, 2.45) is 17.1 Å². The molecule has 1 aliphatic rings. The van der Waals surface area contributed by atoms with Crippen molar-refractivity contribution in [3.63, 3.8) is 0 Å². The number of aliphatic hydroxyl groups is 1. The first-order valence-corrected chi connectivity index (χ1v) is 17.7. The van der Waals surface area contributed by atoms with Crippen LogP contribution in [0.25, 0.3) is 11.1 Å². The Labute approximate surface area is 312 Å². The predicted octanol–water partition coefficient (Wildman–Crippen LogP) is 3.42. The molecule has 15 heteroatoms. The fourth-order valence-corrected chi connectivity index (χ4v) is 6.62. The van der Waals surface area contributed by atoms with Gasteiger partial charge in [-0.1, -0.05) is 58.0 Å². The van der Waals surface area contributed by atoms with Gasteiger partial charge in [0.15, 0.2) is 5.78 Å². The van der Waals surface area contributed by atoms with E-state index in [9.17, 15) is 43.4 Å². The fraction of sp³-hybridized carbons (Fsp3) is 0.436. The molecule has 0 spiro atoms. The number of amides is 4. The number of rotatable bonds is 17. The Morgan fingerprint density at radius 3 is 2.31 bits per heavy atom. The number of nitrogens with zero attached hydrogens (tertiary/aromatic N) is 3. The van der Waals surface area contributed by atoms with Gasteiger partial charge >= 0.3 is 5.97 Å². The summed E-state index contributed by atoms with van der Waals surface area (Å²) < 4.78 is 31.2. The second-order valence-corrected chi connectivity index (χ2v) is 14.7. The average molecular weight is 752 g/mol. The molecule has 13 nitrogen and oxygen atoms in total. The van der Waals surface area contributed by atoms with Crippen molar-refractivity contribution in [1.29, 1.82) is 0 Å². The van der Waals surface area contributed by atoms with E-state index in [0.717, 1.165) is 28.7 Å². The monoisotopic (exact) mass is 751 g/mol. The van der Waals surface area contributed by atoms with E-state index in [4.69, 9.17) is 5.73 Å². The highest BCUT2D eigenvalue weighted by Gasteiger charge is 2.39. The lowest BCUT2D eigenvalue weighted by atomic mass is 9.82. The Hall–Kier alpha value is -5.28. The van der Waals surface area contributed by atoms with Crippen LogP contribution in [0.3, 0.4) is 0 Å². The quantitative estimate of drug-likeness (QED) is 0.150. The maximum atomic E-state index is 15.0. The van der Waals surface area contributed by atoms with Gasteiger partial charge in [-0.25, -0.2) is 13.6 Å². The zero-order chi connectivity index (χ0) is 39.9. The standard InChI is InChI=1S/C39H47F2N5O8/c1-23-16-33(49)46(37(23)52)21-27(48)11-13-31(38(53)54)43-36(51)30(42)14-15-45(34(50)22-47)35(39(2,3)4)32-17-25(28-18-26(40)10-12-29(28)41)20-44(32)19-24-8-6-5-7-9-24/h5-10,12,17-18,20,23,30-31,35,47H,11,13-16,19,21-22,42H2,1-4H3,(H,43,51)(H,53,54)/t23?,30-,31-,35-/m0/s1. The first kappa shape index (κ1) is 41.5. The number of Topliss-reactive ketones (excluding diaryl/α,β-unsaturated/α-hetero) is 1. The zero-order valence-electron chi connectivity index (χ0n) is 30.8. The lowest BCUT2D eigenvalue weighted by Crippen LogP contribution is -2.51. The summed E-state index contributed by atoms with van der Waals surface area (Å²) in [6, 6.07) is 10.5. The third-order valence-electron chi connectivity index (χ3n) is 9.38. The number of nitrogens with one attached hydrogen (secondary N) is 1. The van der Waals surface area contributed by atoms with E-state index in [1.54, 1.807) is 19.2 Å². The molecule has 1 fully saturated rings. The van der Waals surface area contributed by atoms with Crippen LogP contribution in [0.1, 0.15) is 70.7 Å². The molecule has 0 radical (unpaired) electrons. The number of halogens is 2. The van der Waals surface area contributed by atoms with Crippen LogP contribution >= 0.6 is 0 Å². The van der Waals surface area contributed by atoms with Gasteiger partial charge in [0.05, 0.1) is 18.6 Å². The van der Waals surface area contributed by atoms with Crippen molar-refractivity contribution in [1.82, 2.24) is 19.7 Å². The molecule has 1 aliphatic heterocycles. The maximum Gasteiger partial charge on any atom is 0.326 e. The Balaban J connectivity index is 1.55. The van der Waals surface area contributed by atoms with Crippen LogP contribution in [-0.4, -0.2) is 91.7 Å². The summed E-state index contributed by atoms with van der Waals surface area (Å²) in [6.07, 6.45) is 0.821. The van der Waals surface area contributed by atoms with Crippen molar-refractivity contribution in [3.8, 4) is 11.1 Å². The van der Waals surface area contributed by atoms with E-state index in [1.165, 1.54) is 4.90 Å². The van der Waals surface area contributed by atoms with E-state index in [2.05, 4.69) is 5.32 Å². The van der Waals surface area contributed by atoms with Crippen molar-refractivity contribution in [3.05, 3.63) is 83.7 Å². The first-order chi connectivity index (χ1) is 25.4. The van der Waals surface area contributed by atoms with Crippen LogP contribution in [0.4, 0.5) is 8.78 Å². The molecular formula is C39H47F2N5O8. The number of benzene rings is 2. The molecular weight excluding hydrogens is 704 g/mol. The second-order valence-electron chi connectivity index (χ2n) is 14.7. The first-order valence-electron chi connectivity index (χ1n) is 17.7. The van der Waals surface area contributed by atoms with Crippen LogP contribution < -0.4 is 11.1 Å². The highest BCUT2D eigenvalue weighted by Crippen LogP contribution is 2.41. The van der Waals surface area contributed by atoms with Crippen molar-refractivity contribution in [2.75, 3.05) is 19.7 Å². The maximum absolute atomic E-state index is 15.0. The number of likely N-dealkylation sites (tertiary alicyclic amines) is 1. The zero-order valence-corrected chi connectivity index (χ0v) is 30.8. The third kappa shape index (κ3) is 10.2. The summed E-state index contributed by atoms with van der Waals surface area (Å²) in [5, 5.41) is 22.2. The van der Waals surface area contributed by atoms with Gasteiger partial charge in [-0.3, -0.25) is 28.9 Å². The number of ketones is 1. The van der Waals surface area contributed by atoms with Crippen LogP contribution in [0.5, 0.6) is 0 Å². The number of hydrogen-bond donors (Lipinski definition) is 4. The van der Waals surface area contributed by atoms with Crippen LogP contribution in [-0.2, 0) is 35.3 Å². The molecule has 4 atom stereocenters. The van der Waals surface area contributed by atoms with Crippen LogP contribution in [0, 0.1) is 23.0 Å². The molecule has 1 unspecified atom stereocenters. The Morgan fingerprint density at radius 2 is 1.72 bits per heavy atom. The van der Waals surface area contributed by atoms with Crippen LogP contribution in [0.15, 0.2) is 60.8 Å². The van der Waals surface area contributed by atoms with Gasteiger partial charge in [0.2, 0.25) is 23.6 Å². The van der Waals surface area contributed by atoms with Gasteiger partial charge in [-0.15, -0.1) is 0 Å². The molecule has 1 saturated heterocycles. The minimum Gasteiger partial charge on any atom is -0.480 e. The fourth-order valence-electron chi connectivity index (χ4n) is 6.62. The summed E-state index contributed by atoms with van der Waals surface area (Å²) in [7, 11) is 0. The SMILES string of the molecule is CC1CC(=O)N(CC(=O)CC[C@H](NC(=O)[C@@H](N)CCN(C(=O)CO)[C@@H](c2cc(-c3cc(F)ccc3F)cn2Cc2ccccc2)C(C)(C)C)C(=O)O)C1=O. The lowest BCUT2D eigenvalue weighted by Gasteiger charge is -2.41. The van der Waals surface area contributed by atoms with Gasteiger partial charge in [0.25, 0.3) is 0 Å². The van der Waals surface area contributed by atoms with E-state index in [-0.39, 0.29) is 37.8 Å². The molecule has 54 heavy (non-hydrogen) atoms. The van der Waals surface area contributed by atoms with E-state index in [0.29, 0.717) is 17.8 Å². The second kappa shape index (κ2) is 17.7. The molecule has 0 bridgehead atoms. The normalized spacial score (nSPS) is 16.2. The molecule has 5 N–H and O–H groups in total. The summed E-state index contributed by atoms with van der Waals surface area (Å²) in [4.78, 5) is 77.6. The summed E-state index contributed by atoms with van der Waals surface area (Å²) in [5.74, 6) is -6.33. The van der Waals surface area contributed by atoms with Gasteiger partial charge in [-0.2, -0.15) is 0 Å². The molecule has 2 heterocycles. The molecule has 2 aromatic carbocycles. The Kier molecular flexibility index (Phi) is 13.6. The highest BCUT2D eigenvalue weighted by molar-refractivity contribution is 6.06. The van der Waals surface area contributed by atoms with Gasteiger partial charge in [0, 0.05) is 54.9 Å². The third-order valence-corrected chi connectivity index (χ3v) is 9.38. The number of aliphatic hydroxyl groups excluding tert-OH is 1. The summed E-state index contributed by atoms with van der Waals surface area (Å²) in [6.45, 7) is 5.91. The molecule has 3 aromatic rings. The van der Waals surface area contributed by atoms with Crippen molar-refractivity contribution >= 4 is 35.4 Å². The Morgan fingerprint density at radius 1 is 1.04 bits per heavy atom. The minimum atomic E-state index is -1.52. The molecule has 0 saturated carbocycles. The number of aliphatic carboxylic acids is 1. The topological polar surface area (TPSA) is 192 Å². The summed E-state index contributed by atoms with van der Waals surface area (Å²) in [5.41, 5.74) is 7.27. The van der Waals surface area contributed by atoms with E-state index in [1.807, 2.05) is 55.7 Å². The predicted molar refractivity (Wildman–Crippen MR) is 193 cm³/mol. The molecule has 4 rings (SSSR count). The van der Waals surface area contributed by atoms with Gasteiger partial charge < -0.3 is 30.7 Å². The number of carbonyl (C=O) groups excluding carboxylic acids is 5. The number of aromatic nitrogens is 1. The number of carboxylic acids is 1. The van der Waals surface area contributed by atoms with Crippen molar-refractivity contribution in [2.45, 2.75) is 78.0 Å². The van der Waals surface area contributed by atoms with Gasteiger partial charge in [0.1, 0.15) is 24.3 Å². The summed E-state index contributed by atoms with van der Waals surface area (Å²) >= 11 is 0. The minimum absolute atomic E-state index is 0.00793. The Bertz CT molecular complexity index is 1880. The number of imide groups is 1. The molecule has 4 amide bonds. The van der Waals surface area contributed by atoms with Crippen LogP contribution in [0.2, 0.25) is 0 Å². The highest BCUT2D eigenvalue weighted by atomic mass is 19.1. The van der Waals surface area contributed by atoms with Crippen molar-refractivity contribution < 1.29 is 47.8 Å². The smallest absolute Gasteiger partial charge is 0.326 e.